The first-order valence-corrected chi connectivity index (χ1v) is 7.32. The number of hydrogen-bond donors (Lipinski definition) is 3. The van der Waals surface area contributed by atoms with Crippen LogP contribution < -0.4 is 16.2 Å². The summed E-state index contributed by atoms with van der Waals surface area (Å²) in [5.74, 6) is -2.04. The smallest absolute Gasteiger partial charge is 0.288 e. The van der Waals surface area contributed by atoms with Gasteiger partial charge in [0.2, 0.25) is 5.91 Å². The number of nitrogens with one attached hydrogen (secondary N) is 3. The summed E-state index contributed by atoms with van der Waals surface area (Å²) in [6, 6.07) is 2.63. The molecule has 1 atom stereocenters. The van der Waals surface area contributed by atoms with Gasteiger partial charge in [-0.3, -0.25) is 35.3 Å². The van der Waals surface area contributed by atoms with Gasteiger partial charge in [-0.2, -0.15) is 0 Å². The summed E-state index contributed by atoms with van der Waals surface area (Å²) in [5, 5.41) is 13.2. The average molecular weight is 357 g/mol. The quantitative estimate of drug-likeness (QED) is 0.538. The Bertz CT molecular complexity index is 677. The number of nitro groups is 1. The molecule has 10 heteroatoms. The minimum Gasteiger partial charge on any atom is -0.340 e. The number of nitro benzene ring substituents is 1. The molecular formula is C14H17ClN4O5. The van der Waals surface area contributed by atoms with Gasteiger partial charge in [-0.05, 0) is 18.1 Å². The molecule has 3 N–H and O–H groups in total. The van der Waals surface area contributed by atoms with Gasteiger partial charge in [-0.1, -0.05) is 25.4 Å². The van der Waals surface area contributed by atoms with E-state index in [4.69, 9.17) is 11.6 Å². The highest BCUT2D eigenvalue weighted by Crippen LogP contribution is 2.25. The van der Waals surface area contributed by atoms with E-state index in [9.17, 15) is 24.5 Å². The lowest BCUT2D eigenvalue weighted by Gasteiger charge is -2.21. The molecule has 0 spiro atoms. The largest absolute Gasteiger partial charge is 0.340 e. The third-order valence-corrected chi connectivity index (χ3v) is 3.32. The second kappa shape index (κ2) is 8.25. The minimum absolute atomic E-state index is 0.0101. The summed E-state index contributed by atoms with van der Waals surface area (Å²) in [7, 11) is 0. The van der Waals surface area contributed by atoms with Gasteiger partial charge in [0.05, 0.1) is 4.92 Å². The zero-order valence-electron chi connectivity index (χ0n) is 13.3. The first kappa shape index (κ1) is 19.4. The SMILES string of the molecule is CC(=O)NNC(=O)C(NC(=O)c1ccc(Cl)c([N+](=O)[O-])c1)C(C)C. The Labute approximate surface area is 142 Å². The zero-order chi connectivity index (χ0) is 18.4. The summed E-state index contributed by atoms with van der Waals surface area (Å²) < 4.78 is 0. The average Bonchev–Trinajstić information content (AvgIpc) is 2.49. The summed E-state index contributed by atoms with van der Waals surface area (Å²) in [6.07, 6.45) is 0. The third-order valence-electron chi connectivity index (χ3n) is 3.00. The Balaban J connectivity index is 2.93. The fraction of sp³-hybridized carbons (Fsp3) is 0.357. The molecule has 0 aromatic heterocycles. The molecule has 1 unspecified atom stereocenters. The molecule has 0 saturated carbocycles. The molecule has 0 radical (unpaired) electrons. The van der Waals surface area contributed by atoms with Crippen LogP contribution in [0.15, 0.2) is 18.2 Å². The first-order chi connectivity index (χ1) is 11.1. The van der Waals surface area contributed by atoms with Crippen LogP contribution in [0.1, 0.15) is 31.1 Å². The van der Waals surface area contributed by atoms with E-state index in [2.05, 4.69) is 16.2 Å². The van der Waals surface area contributed by atoms with Gasteiger partial charge in [0, 0.05) is 18.6 Å². The molecule has 0 bridgehead atoms. The maximum Gasteiger partial charge on any atom is 0.288 e. The molecular weight excluding hydrogens is 340 g/mol. The maximum atomic E-state index is 12.2. The number of amides is 3. The van der Waals surface area contributed by atoms with Crippen LogP contribution in [-0.4, -0.2) is 28.7 Å². The van der Waals surface area contributed by atoms with Crippen molar-refractivity contribution in [2.75, 3.05) is 0 Å². The highest BCUT2D eigenvalue weighted by molar-refractivity contribution is 6.32. The van der Waals surface area contributed by atoms with Crippen molar-refractivity contribution in [2.45, 2.75) is 26.8 Å². The van der Waals surface area contributed by atoms with E-state index < -0.39 is 34.4 Å². The predicted molar refractivity (Wildman–Crippen MR) is 86.2 cm³/mol. The maximum absolute atomic E-state index is 12.2. The normalized spacial score (nSPS) is 11.5. The Kier molecular flexibility index (Phi) is 6.66. The number of rotatable bonds is 5. The molecule has 0 aliphatic carbocycles. The van der Waals surface area contributed by atoms with Gasteiger partial charge in [0.1, 0.15) is 11.1 Å². The van der Waals surface area contributed by atoms with E-state index in [0.717, 1.165) is 6.07 Å². The number of halogens is 1. The summed E-state index contributed by atoms with van der Waals surface area (Å²) in [5.41, 5.74) is 3.89. The highest BCUT2D eigenvalue weighted by atomic mass is 35.5. The molecule has 1 aromatic carbocycles. The van der Waals surface area contributed by atoms with Crippen molar-refractivity contribution >= 4 is 35.0 Å². The zero-order valence-corrected chi connectivity index (χ0v) is 14.0. The van der Waals surface area contributed by atoms with Gasteiger partial charge in [0.15, 0.2) is 0 Å². The van der Waals surface area contributed by atoms with Gasteiger partial charge >= 0.3 is 0 Å². The number of hydrazine groups is 1. The van der Waals surface area contributed by atoms with E-state index >= 15 is 0 Å². The molecule has 0 saturated heterocycles. The number of nitrogens with zero attached hydrogens (tertiary/aromatic N) is 1. The standard InChI is InChI=1S/C14H17ClN4O5/c1-7(2)12(14(22)18-17-8(3)20)16-13(21)9-4-5-10(15)11(6-9)19(23)24/h4-7,12H,1-3H3,(H,16,21)(H,17,20)(H,18,22). The minimum atomic E-state index is -0.945. The van der Waals surface area contributed by atoms with Crippen LogP contribution in [0.3, 0.4) is 0 Å². The number of carbonyl (C=O) groups is 3. The molecule has 0 aliphatic heterocycles. The molecule has 0 fully saturated rings. The van der Waals surface area contributed by atoms with Crippen LogP contribution in [0.5, 0.6) is 0 Å². The van der Waals surface area contributed by atoms with Gasteiger partial charge < -0.3 is 5.32 Å². The second-order valence-electron chi connectivity index (χ2n) is 5.29. The first-order valence-electron chi connectivity index (χ1n) is 6.94. The monoisotopic (exact) mass is 356 g/mol. The Morgan fingerprint density at radius 1 is 1.21 bits per heavy atom. The van der Waals surface area contributed by atoms with Crippen molar-refractivity contribution in [2.24, 2.45) is 5.92 Å². The highest BCUT2D eigenvalue weighted by Gasteiger charge is 2.26. The number of carbonyl (C=O) groups excluding carboxylic acids is 3. The van der Waals surface area contributed by atoms with Crippen LogP contribution in [0.25, 0.3) is 0 Å². The second-order valence-corrected chi connectivity index (χ2v) is 5.70. The van der Waals surface area contributed by atoms with Gasteiger partial charge in [-0.25, -0.2) is 0 Å². The molecule has 24 heavy (non-hydrogen) atoms. The van der Waals surface area contributed by atoms with E-state index in [1.165, 1.54) is 19.1 Å². The lowest BCUT2D eigenvalue weighted by Crippen LogP contribution is -2.54. The van der Waals surface area contributed by atoms with Crippen LogP contribution in [0.4, 0.5) is 5.69 Å². The van der Waals surface area contributed by atoms with Crippen molar-refractivity contribution < 1.29 is 19.3 Å². The van der Waals surface area contributed by atoms with Crippen molar-refractivity contribution in [3.05, 3.63) is 38.9 Å². The molecule has 130 valence electrons. The molecule has 1 aromatic rings. The molecule has 0 heterocycles. The van der Waals surface area contributed by atoms with Crippen molar-refractivity contribution in [3.63, 3.8) is 0 Å². The van der Waals surface area contributed by atoms with Crippen molar-refractivity contribution in [3.8, 4) is 0 Å². The molecule has 3 amide bonds. The number of benzene rings is 1. The summed E-state index contributed by atoms with van der Waals surface area (Å²) in [6.45, 7) is 4.61. The lowest BCUT2D eigenvalue weighted by molar-refractivity contribution is -0.384. The predicted octanol–water partition coefficient (Wildman–Crippen LogP) is 1.17. The third kappa shape index (κ3) is 5.20. The van der Waals surface area contributed by atoms with E-state index in [0.29, 0.717) is 0 Å². The lowest BCUT2D eigenvalue weighted by atomic mass is 10.0. The fourth-order valence-electron chi connectivity index (χ4n) is 1.78. The Hall–Kier alpha value is -2.68. The topological polar surface area (TPSA) is 130 Å². The van der Waals surface area contributed by atoms with Crippen LogP contribution >= 0.6 is 11.6 Å². The summed E-state index contributed by atoms with van der Waals surface area (Å²) >= 11 is 5.70. The molecule has 0 aliphatic rings. The molecule has 1 rings (SSSR count). The Morgan fingerprint density at radius 2 is 1.83 bits per heavy atom. The Morgan fingerprint density at radius 3 is 2.33 bits per heavy atom. The van der Waals surface area contributed by atoms with Crippen molar-refractivity contribution in [1.29, 1.82) is 0 Å². The van der Waals surface area contributed by atoms with E-state index in [1.807, 2.05) is 0 Å². The van der Waals surface area contributed by atoms with Crippen LogP contribution in [-0.2, 0) is 9.59 Å². The van der Waals surface area contributed by atoms with Crippen LogP contribution in [0.2, 0.25) is 5.02 Å². The van der Waals surface area contributed by atoms with Gasteiger partial charge in [-0.15, -0.1) is 0 Å². The summed E-state index contributed by atoms with van der Waals surface area (Å²) in [4.78, 5) is 45.3. The van der Waals surface area contributed by atoms with E-state index in [1.54, 1.807) is 13.8 Å². The van der Waals surface area contributed by atoms with Crippen LogP contribution in [0, 0.1) is 16.0 Å². The number of hydrogen-bond acceptors (Lipinski definition) is 5. The van der Waals surface area contributed by atoms with Gasteiger partial charge in [0.25, 0.3) is 17.5 Å². The van der Waals surface area contributed by atoms with Crippen molar-refractivity contribution in [1.82, 2.24) is 16.2 Å². The van der Waals surface area contributed by atoms with E-state index in [-0.39, 0.29) is 16.5 Å². The fourth-order valence-corrected chi connectivity index (χ4v) is 1.97. The molecule has 9 nitrogen and oxygen atoms in total.